The van der Waals surface area contributed by atoms with Crippen LogP contribution < -0.4 is 5.32 Å². The molecule has 1 aliphatic heterocycles. The van der Waals surface area contributed by atoms with Gasteiger partial charge >= 0.3 is 0 Å². The van der Waals surface area contributed by atoms with E-state index in [4.69, 9.17) is 0 Å². The van der Waals surface area contributed by atoms with Crippen LogP contribution in [0.15, 0.2) is 22.8 Å². The van der Waals surface area contributed by atoms with Gasteiger partial charge in [-0.15, -0.1) is 0 Å². The number of hydrogen-bond acceptors (Lipinski definition) is 3. The molecular weight excluding hydrogens is 288 g/mol. The predicted octanol–water partition coefficient (Wildman–Crippen LogP) is 1.84. The fraction of sp³-hybridized carbons (Fsp3) is 0.545. The molecule has 0 aliphatic carbocycles. The lowest BCUT2D eigenvalue weighted by Gasteiger charge is -2.22. The van der Waals surface area contributed by atoms with Crippen LogP contribution in [-0.4, -0.2) is 26.7 Å². The van der Waals surface area contributed by atoms with Gasteiger partial charge in [0, 0.05) is 34.9 Å². The summed E-state index contributed by atoms with van der Waals surface area (Å²) in [5, 5.41) is 3.47. The Morgan fingerprint density at radius 3 is 2.88 bits per heavy atom. The molecule has 1 aromatic rings. The summed E-state index contributed by atoms with van der Waals surface area (Å²) in [6, 6.07) is 6.43. The van der Waals surface area contributed by atoms with Gasteiger partial charge in [-0.25, -0.2) is 4.98 Å². The first-order chi connectivity index (χ1) is 7.74. The Morgan fingerprint density at radius 2 is 2.19 bits per heavy atom. The quantitative estimate of drug-likeness (QED) is 0.867. The van der Waals surface area contributed by atoms with Gasteiger partial charge in [0.1, 0.15) is 4.60 Å². The van der Waals surface area contributed by atoms with E-state index in [-0.39, 0.29) is 0 Å². The second kappa shape index (κ2) is 5.89. The lowest BCUT2D eigenvalue weighted by atomic mass is 10.1. The molecule has 2 heterocycles. The van der Waals surface area contributed by atoms with E-state index in [0.29, 0.717) is 6.04 Å². The summed E-state index contributed by atoms with van der Waals surface area (Å²) in [6.45, 7) is 0.788. The summed E-state index contributed by atoms with van der Waals surface area (Å²) < 4.78 is 12.1. The van der Waals surface area contributed by atoms with Crippen LogP contribution in [0.3, 0.4) is 0 Å². The molecule has 1 aromatic heterocycles. The molecule has 1 aliphatic rings. The maximum Gasteiger partial charge on any atom is 0.106 e. The number of hydrogen-bond donors (Lipinski definition) is 1. The molecule has 1 saturated heterocycles. The van der Waals surface area contributed by atoms with Gasteiger partial charge in [-0.1, -0.05) is 6.07 Å². The van der Waals surface area contributed by atoms with Crippen molar-refractivity contribution in [3.05, 3.63) is 28.5 Å². The average molecular weight is 303 g/mol. The molecule has 0 amide bonds. The van der Waals surface area contributed by atoms with Crippen LogP contribution in [0.1, 0.15) is 18.5 Å². The van der Waals surface area contributed by atoms with Crippen molar-refractivity contribution in [3.8, 4) is 0 Å². The van der Waals surface area contributed by atoms with Gasteiger partial charge in [0.25, 0.3) is 0 Å². The molecular formula is C11H15BrN2OS. The van der Waals surface area contributed by atoms with Crippen LogP contribution in [0.2, 0.25) is 0 Å². The Labute approximate surface area is 107 Å². The van der Waals surface area contributed by atoms with Crippen LogP contribution in [0, 0.1) is 0 Å². The van der Waals surface area contributed by atoms with E-state index in [1.165, 1.54) is 0 Å². The molecule has 16 heavy (non-hydrogen) atoms. The Hall–Kier alpha value is -0.260. The van der Waals surface area contributed by atoms with Crippen molar-refractivity contribution in [2.45, 2.75) is 25.4 Å². The number of pyridine rings is 1. The first-order valence-corrected chi connectivity index (χ1v) is 7.72. The topological polar surface area (TPSA) is 42.0 Å². The van der Waals surface area contributed by atoms with Crippen molar-refractivity contribution >= 4 is 26.7 Å². The minimum Gasteiger partial charge on any atom is -0.308 e. The molecule has 0 bridgehead atoms. The summed E-state index contributed by atoms with van der Waals surface area (Å²) in [5.41, 5.74) is 1.04. The first kappa shape index (κ1) is 12.2. The number of halogens is 1. The molecule has 0 unspecified atom stereocenters. The van der Waals surface area contributed by atoms with E-state index in [1.54, 1.807) is 0 Å². The van der Waals surface area contributed by atoms with Crippen molar-refractivity contribution in [2.75, 3.05) is 11.5 Å². The molecule has 0 atom stereocenters. The van der Waals surface area contributed by atoms with Gasteiger partial charge in [0.05, 0.1) is 5.69 Å². The number of rotatable bonds is 3. The van der Waals surface area contributed by atoms with Gasteiger partial charge < -0.3 is 5.32 Å². The Bertz CT molecular complexity index is 376. The van der Waals surface area contributed by atoms with Crippen LogP contribution >= 0.6 is 15.9 Å². The van der Waals surface area contributed by atoms with Gasteiger partial charge in [-0.05, 0) is 40.9 Å². The van der Waals surface area contributed by atoms with E-state index in [1.807, 2.05) is 18.2 Å². The maximum atomic E-state index is 11.2. The normalized spacial score (nSPS) is 25.6. The highest BCUT2D eigenvalue weighted by Gasteiger charge is 2.16. The summed E-state index contributed by atoms with van der Waals surface area (Å²) in [4.78, 5) is 4.37. The summed E-state index contributed by atoms with van der Waals surface area (Å²) in [6.07, 6.45) is 2.03. The largest absolute Gasteiger partial charge is 0.308 e. The van der Waals surface area contributed by atoms with E-state index in [2.05, 4.69) is 26.2 Å². The summed E-state index contributed by atoms with van der Waals surface area (Å²) >= 11 is 3.36. The molecule has 0 aromatic carbocycles. The van der Waals surface area contributed by atoms with Gasteiger partial charge in [0.2, 0.25) is 0 Å². The van der Waals surface area contributed by atoms with Crippen molar-refractivity contribution in [3.63, 3.8) is 0 Å². The molecule has 3 nitrogen and oxygen atoms in total. The zero-order valence-corrected chi connectivity index (χ0v) is 11.4. The molecule has 88 valence electrons. The lowest BCUT2D eigenvalue weighted by molar-refractivity contribution is 0.472. The number of nitrogens with one attached hydrogen (secondary N) is 1. The van der Waals surface area contributed by atoms with Gasteiger partial charge in [-0.3, -0.25) is 4.21 Å². The van der Waals surface area contributed by atoms with Crippen LogP contribution in [0.25, 0.3) is 0 Å². The van der Waals surface area contributed by atoms with Crippen molar-refractivity contribution in [1.29, 1.82) is 0 Å². The first-order valence-electron chi connectivity index (χ1n) is 5.44. The predicted molar refractivity (Wildman–Crippen MR) is 69.7 cm³/mol. The molecule has 1 fully saturated rings. The van der Waals surface area contributed by atoms with Crippen LogP contribution in [-0.2, 0) is 17.3 Å². The highest BCUT2D eigenvalue weighted by atomic mass is 79.9. The third-order valence-corrected chi connectivity index (χ3v) is 4.56. The third kappa shape index (κ3) is 3.64. The second-order valence-corrected chi connectivity index (χ2v) is 6.46. The zero-order chi connectivity index (χ0) is 11.4. The summed E-state index contributed by atoms with van der Waals surface area (Å²) in [7, 11) is -0.576. The maximum absolute atomic E-state index is 11.2. The van der Waals surface area contributed by atoms with Gasteiger partial charge in [0.15, 0.2) is 0 Å². The van der Waals surface area contributed by atoms with Crippen molar-refractivity contribution in [2.24, 2.45) is 0 Å². The molecule has 5 heteroatoms. The molecule has 0 saturated carbocycles. The zero-order valence-electron chi connectivity index (χ0n) is 8.99. The molecule has 0 radical (unpaired) electrons. The van der Waals surface area contributed by atoms with Crippen molar-refractivity contribution in [1.82, 2.24) is 10.3 Å². The lowest BCUT2D eigenvalue weighted by Crippen LogP contribution is -2.35. The fourth-order valence-corrected chi connectivity index (χ4v) is 3.47. The van der Waals surface area contributed by atoms with Gasteiger partial charge in [-0.2, -0.15) is 0 Å². The van der Waals surface area contributed by atoms with Crippen molar-refractivity contribution < 1.29 is 4.21 Å². The molecule has 0 spiro atoms. The highest BCUT2D eigenvalue weighted by molar-refractivity contribution is 9.10. The van der Waals surface area contributed by atoms with E-state index >= 15 is 0 Å². The smallest absolute Gasteiger partial charge is 0.106 e. The number of nitrogens with zero attached hydrogens (tertiary/aromatic N) is 1. The molecule has 1 N–H and O–H groups in total. The monoisotopic (exact) mass is 302 g/mol. The van der Waals surface area contributed by atoms with E-state index < -0.39 is 10.8 Å². The van der Waals surface area contributed by atoms with E-state index in [0.717, 1.165) is 41.2 Å². The Kier molecular flexibility index (Phi) is 4.49. The van der Waals surface area contributed by atoms with Crippen LogP contribution in [0.4, 0.5) is 0 Å². The average Bonchev–Trinajstić information content (AvgIpc) is 2.28. The third-order valence-electron chi connectivity index (χ3n) is 2.73. The second-order valence-electron chi connectivity index (χ2n) is 3.95. The minimum absolute atomic E-state index is 0.499. The Morgan fingerprint density at radius 1 is 1.44 bits per heavy atom. The fourth-order valence-electron chi connectivity index (χ4n) is 1.80. The number of aromatic nitrogens is 1. The standard InChI is InChI=1S/C11H15BrN2OS/c12-11-3-1-2-10(14-11)8-13-9-4-6-16(15)7-5-9/h1-3,9,13H,4-8H2. The van der Waals surface area contributed by atoms with E-state index in [9.17, 15) is 4.21 Å². The van der Waals surface area contributed by atoms with Crippen LogP contribution in [0.5, 0.6) is 0 Å². The minimum atomic E-state index is -0.576. The molecule has 2 rings (SSSR count). The summed E-state index contributed by atoms with van der Waals surface area (Å²) in [5.74, 6) is 1.67. The Balaban J connectivity index is 1.81. The SMILES string of the molecule is O=S1CCC(NCc2cccc(Br)n2)CC1. The highest BCUT2D eigenvalue weighted by Crippen LogP contribution is 2.11.